The molecule has 0 spiro atoms. The third-order valence-corrected chi connectivity index (χ3v) is 2.70. The summed E-state index contributed by atoms with van der Waals surface area (Å²) >= 11 is 0. The molecule has 0 saturated carbocycles. The van der Waals surface area contributed by atoms with Gasteiger partial charge in [0.05, 0.1) is 0 Å². The van der Waals surface area contributed by atoms with E-state index in [1.807, 2.05) is 39.1 Å². The molecular formula is C14H18N4. The predicted molar refractivity (Wildman–Crippen MR) is 72.1 cm³/mol. The molecule has 4 nitrogen and oxygen atoms in total. The quantitative estimate of drug-likeness (QED) is 0.894. The number of aromatic nitrogens is 3. The van der Waals surface area contributed by atoms with Crippen LogP contribution in [0.1, 0.15) is 23.9 Å². The highest BCUT2D eigenvalue weighted by Gasteiger charge is 2.08. The number of hydrogen-bond acceptors (Lipinski definition) is 4. The van der Waals surface area contributed by atoms with Crippen molar-refractivity contribution in [2.24, 2.45) is 5.73 Å². The first-order valence-corrected chi connectivity index (χ1v) is 6.07. The van der Waals surface area contributed by atoms with Crippen molar-refractivity contribution in [2.45, 2.75) is 33.2 Å². The van der Waals surface area contributed by atoms with Crippen LogP contribution < -0.4 is 5.73 Å². The van der Waals surface area contributed by atoms with Crippen LogP contribution in [0, 0.1) is 13.8 Å². The van der Waals surface area contributed by atoms with Gasteiger partial charge in [-0.15, -0.1) is 0 Å². The van der Waals surface area contributed by atoms with Crippen LogP contribution in [-0.4, -0.2) is 21.0 Å². The Labute approximate surface area is 107 Å². The van der Waals surface area contributed by atoms with E-state index in [2.05, 4.69) is 15.0 Å². The van der Waals surface area contributed by atoms with Crippen molar-refractivity contribution in [1.82, 2.24) is 15.0 Å². The summed E-state index contributed by atoms with van der Waals surface area (Å²) in [5, 5.41) is 0. The van der Waals surface area contributed by atoms with Crippen molar-refractivity contribution in [3.05, 3.63) is 41.5 Å². The largest absolute Gasteiger partial charge is 0.328 e. The highest BCUT2D eigenvalue weighted by molar-refractivity contribution is 5.58. The van der Waals surface area contributed by atoms with E-state index in [1.54, 1.807) is 6.20 Å². The Bertz CT molecular complexity index is 549. The summed E-state index contributed by atoms with van der Waals surface area (Å²) in [6.45, 7) is 5.97. The standard InChI is InChI=1S/C14H18N4/c1-9-8-16-5-4-13(9)14-17-11(3)7-12(18-14)6-10(2)15/h4-5,7-8,10H,6,15H2,1-3H3. The highest BCUT2D eigenvalue weighted by atomic mass is 14.9. The third-order valence-electron chi connectivity index (χ3n) is 2.70. The first-order valence-electron chi connectivity index (χ1n) is 6.07. The van der Waals surface area contributed by atoms with Gasteiger partial charge < -0.3 is 5.73 Å². The Balaban J connectivity index is 2.45. The molecule has 1 atom stereocenters. The van der Waals surface area contributed by atoms with E-state index >= 15 is 0 Å². The van der Waals surface area contributed by atoms with Gasteiger partial charge in [-0.3, -0.25) is 4.98 Å². The molecule has 2 rings (SSSR count). The fourth-order valence-electron chi connectivity index (χ4n) is 1.91. The molecule has 2 heterocycles. The monoisotopic (exact) mass is 242 g/mol. The van der Waals surface area contributed by atoms with Crippen LogP contribution in [0.5, 0.6) is 0 Å². The first kappa shape index (κ1) is 12.6. The molecule has 0 aromatic carbocycles. The Morgan fingerprint density at radius 3 is 2.72 bits per heavy atom. The molecule has 2 aromatic rings. The lowest BCUT2D eigenvalue weighted by molar-refractivity contribution is 0.719. The lowest BCUT2D eigenvalue weighted by Gasteiger charge is -2.09. The maximum Gasteiger partial charge on any atom is 0.159 e. The Morgan fingerprint density at radius 1 is 1.28 bits per heavy atom. The second-order valence-electron chi connectivity index (χ2n) is 4.70. The van der Waals surface area contributed by atoms with Gasteiger partial charge in [-0.2, -0.15) is 0 Å². The molecule has 0 radical (unpaired) electrons. The molecular weight excluding hydrogens is 224 g/mol. The summed E-state index contributed by atoms with van der Waals surface area (Å²) in [5.41, 5.74) is 9.88. The molecule has 0 aliphatic heterocycles. The van der Waals surface area contributed by atoms with Crippen LogP contribution in [0.3, 0.4) is 0 Å². The lowest BCUT2D eigenvalue weighted by atomic mass is 10.1. The van der Waals surface area contributed by atoms with Crippen LogP contribution in [0.15, 0.2) is 24.5 Å². The summed E-state index contributed by atoms with van der Waals surface area (Å²) in [4.78, 5) is 13.2. The Hall–Kier alpha value is -1.81. The molecule has 0 saturated heterocycles. The molecule has 1 unspecified atom stereocenters. The second-order valence-corrected chi connectivity index (χ2v) is 4.70. The number of hydrogen-bond donors (Lipinski definition) is 1. The Morgan fingerprint density at radius 2 is 2.06 bits per heavy atom. The number of rotatable bonds is 3. The van der Waals surface area contributed by atoms with Crippen molar-refractivity contribution < 1.29 is 0 Å². The topological polar surface area (TPSA) is 64.7 Å². The summed E-state index contributed by atoms with van der Waals surface area (Å²) in [7, 11) is 0. The molecule has 0 bridgehead atoms. The van der Waals surface area contributed by atoms with Crippen LogP contribution in [0.25, 0.3) is 11.4 Å². The highest BCUT2D eigenvalue weighted by Crippen LogP contribution is 2.19. The molecule has 94 valence electrons. The summed E-state index contributed by atoms with van der Waals surface area (Å²) in [6.07, 6.45) is 4.35. The molecule has 0 aliphatic rings. The smallest absolute Gasteiger partial charge is 0.159 e. The van der Waals surface area contributed by atoms with Crippen LogP contribution >= 0.6 is 0 Å². The van der Waals surface area contributed by atoms with Gasteiger partial charge in [0.25, 0.3) is 0 Å². The van der Waals surface area contributed by atoms with E-state index in [1.165, 1.54) is 0 Å². The van der Waals surface area contributed by atoms with E-state index in [-0.39, 0.29) is 6.04 Å². The molecule has 2 aromatic heterocycles. The zero-order chi connectivity index (χ0) is 13.1. The van der Waals surface area contributed by atoms with Gasteiger partial charge in [0, 0.05) is 41.8 Å². The molecule has 0 aliphatic carbocycles. The van der Waals surface area contributed by atoms with Gasteiger partial charge >= 0.3 is 0 Å². The summed E-state index contributed by atoms with van der Waals surface area (Å²) in [5.74, 6) is 0.755. The van der Waals surface area contributed by atoms with E-state index < -0.39 is 0 Å². The molecule has 2 N–H and O–H groups in total. The van der Waals surface area contributed by atoms with Gasteiger partial charge in [-0.25, -0.2) is 9.97 Å². The molecule has 0 fully saturated rings. The van der Waals surface area contributed by atoms with Crippen molar-refractivity contribution >= 4 is 0 Å². The predicted octanol–water partition coefficient (Wildman–Crippen LogP) is 2.05. The number of nitrogens with zero attached hydrogens (tertiary/aromatic N) is 3. The van der Waals surface area contributed by atoms with Crippen molar-refractivity contribution in [3.8, 4) is 11.4 Å². The van der Waals surface area contributed by atoms with Crippen LogP contribution in [0.4, 0.5) is 0 Å². The van der Waals surface area contributed by atoms with Crippen LogP contribution in [-0.2, 0) is 6.42 Å². The van der Waals surface area contributed by atoms with E-state index in [9.17, 15) is 0 Å². The number of nitrogens with two attached hydrogens (primary N) is 1. The number of aryl methyl sites for hydroxylation is 2. The molecule has 4 heteroatoms. The fourth-order valence-corrected chi connectivity index (χ4v) is 1.91. The molecule has 0 amide bonds. The van der Waals surface area contributed by atoms with E-state index in [0.717, 1.165) is 34.8 Å². The van der Waals surface area contributed by atoms with Crippen molar-refractivity contribution in [2.75, 3.05) is 0 Å². The summed E-state index contributed by atoms with van der Waals surface area (Å²) < 4.78 is 0. The molecule has 18 heavy (non-hydrogen) atoms. The first-order chi connectivity index (χ1) is 8.56. The SMILES string of the molecule is Cc1cc(CC(C)N)nc(-c2ccncc2C)n1. The van der Waals surface area contributed by atoms with Crippen LogP contribution in [0.2, 0.25) is 0 Å². The minimum atomic E-state index is 0.102. The fraction of sp³-hybridized carbons (Fsp3) is 0.357. The lowest BCUT2D eigenvalue weighted by Crippen LogP contribution is -2.19. The van der Waals surface area contributed by atoms with Gasteiger partial charge in [-0.05, 0) is 38.5 Å². The van der Waals surface area contributed by atoms with Gasteiger partial charge in [0.1, 0.15) is 0 Å². The Kier molecular flexibility index (Phi) is 3.67. The number of pyridine rings is 1. The van der Waals surface area contributed by atoms with Gasteiger partial charge in [-0.1, -0.05) is 0 Å². The normalized spacial score (nSPS) is 12.4. The minimum absolute atomic E-state index is 0.102. The zero-order valence-corrected chi connectivity index (χ0v) is 11.0. The third kappa shape index (κ3) is 2.90. The maximum absolute atomic E-state index is 5.82. The maximum atomic E-state index is 5.82. The summed E-state index contributed by atoms with van der Waals surface area (Å²) in [6, 6.07) is 4.04. The van der Waals surface area contributed by atoms with Crippen molar-refractivity contribution in [1.29, 1.82) is 0 Å². The van der Waals surface area contributed by atoms with E-state index in [0.29, 0.717) is 0 Å². The second kappa shape index (κ2) is 5.23. The zero-order valence-electron chi connectivity index (χ0n) is 11.0. The van der Waals surface area contributed by atoms with Crippen molar-refractivity contribution in [3.63, 3.8) is 0 Å². The van der Waals surface area contributed by atoms with Gasteiger partial charge in [0.2, 0.25) is 0 Å². The van der Waals surface area contributed by atoms with Gasteiger partial charge in [0.15, 0.2) is 5.82 Å². The average Bonchev–Trinajstić information content (AvgIpc) is 2.27. The average molecular weight is 242 g/mol. The minimum Gasteiger partial charge on any atom is -0.328 e. The van der Waals surface area contributed by atoms with E-state index in [4.69, 9.17) is 5.73 Å².